The van der Waals surface area contributed by atoms with Gasteiger partial charge in [-0.15, -0.1) is 0 Å². The molecule has 1 aromatic carbocycles. The van der Waals surface area contributed by atoms with Gasteiger partial charge in [0.05, 0.1) is 0 Å². The van der Waals surface area contributed by atoms with Crippen molar-refractivity contribution in [1.82, 2.24) is 19.8 Å². The van der Waals surface area contributed by atoms with Gasteiger partial charge in [-0.1, -0.05) is 57.2 Å². The van der Waals surface area contributed by atoms with E-state index in [0.29, 0.717) is 0 Å². The molecule has 2 atom stereocenters. The summed E-state index contributed by atoms with van der Waals surface area (Å²) in [4.78, 5) is 7.11. The monoisotopic (exact) mass is 442 g/mol. The normalized spacial score (nSPS) is 16.7. The minimum Gasteiger partial charge on any atom is -0.467 e. The van der Waals surface area contributed by atoms with E-state index in [1.54, 1.807) is 0 Å². The standard InChI is InChI=1S/C26H42N4O2/c1-2-3-7-15-25-28-18-22-30(25)26(32-23-12-8-6-9-13-23)24(31)14-10-4-5-11-19-29-20-16-27-17-21-29/h6,8-9,12-13,18,22,24,26-27,31H,2-5,7,10-11,14-17,19-21H2,1H3. The predicted octanol–water partition coefficient (Wildman–Crippen LogP) is 4.41. The number of aliphatic hydroxyl groups excluding tert-OH is 1. The van der Waals surface area contributed by atoms with Crippen LogP contribution in [0.25, 0.3) is 0 Å². The quantitative estimate of drug-likeness (QED) is 0.400. The van der Waals surface area contributed by atoms with Crippen molar-refractivity contribution in [2.75, 3.05) is 32.7 Å². The molecular formula is C26H42N4O2. The molecule has 3 rings (SSSR count). The molecule has 0 bridgehead atoms. The number of aliphatic hydroxyl groups is 1. The maximum Gasteiger partial charge on any atom is 0.203 e. The molecule has 1 fully saturated rings. The van der Waals surface area contributed by atoms with Crippen molar-refractivity contribution in [1.29, 1.82) is 0 Å². The second kappa shape index (κ2) is 14.3. The molecule has 2 unspecified atom stereocenters. The van der Waals surface area contributed by atoms with E-state index < -0.39 is 12.3 Å². The van der Waals surface area contributed by atoms with Gasteiger partial charge in [0.15, 0.2) is 0 Å². The molecule has 1 saturated heterocycles. The third-order valence-electron chi connectivity index (χ3n) is 6.29. The summed E-state index contributed by atoms with van der Waals surface area (Å²) in [6.07, 6.45) is 12.5. The van der Waals surface area contributed by atoms with Gasteiger partial charge in [0.1, 0.15) is 17.7 Å². The highest BCUT2D eigenvalue weighted by Gasteiger charge is 2.25. The number of nitrogens with one attached hydrogen (secondary N) is 1. The third-order valence-corrected chi connectivity index (χ3v) is 6.29. The van der Waals surface area contributed by atoms with Crippen molar-refractivity contribution >= 4 is 0 Å². The molecule has 0 radical (unpaired) electrons. The zero-order valence-electron chi connectivity index (χ0n) is 19.8. The first-order valence-electron chi connectivity index (χ1n) is 12.6. The minimum atomic E-state index is -0.567. The van der Waals surface area contributed by atoms with Gasteiger partial charge < -0.3 is 20.1 Å². The largest absolute Gasteiger partial charge is 0.467 e. The van der Waals surface area contributed by atoms with Crippen molar-refractivity contribution in [2.24, 2.45) is 0 Å². The number of hydrogen-bond acceptors (Lipinski definition) is 5. The van der Waals surface area contributed by atoms with Gasteiger partial charge in [0.2, 0.25) is 6.23 Å². The molecule has 2 N–H and O–H groups in total. The van der Waals surface area contributed by atoms with Crippen LogP contribution in [0, 0.1) is 0 Å². The maximum atomic E-state index is 11.1. The highest BCUT2D eigenvalue weighted by molar-refractivity contribution is 5.21. The van der Waals surface area contributed by atoms with E-state index in [1.165, 1.54) is 45.3 Å². The van der Waals surface area contributed by atoms with E-state index in [-0.39, 0.29) is 0 Å². The summed E-state index contributed by atoms with van der Waals surface area (Å²) >= 11 is 0. The molecule has 0 saturated carbocycles. The smallest absolute Gasteiger partial charge is 0.203 e. The van der Waals surface area contributed by atoms with Crippen LogP contribution in [-0.2, 0) is 6.42 Å². The molecule has 178 valence electrons. The van der Waals surface area contributed by atoms with Crippen LogP contribution >= 0.6 is 0 Å². The molecule has 0 spiro atoms. The number of piperazine rings is 1. The van der Waals surface area contributed by atoms with Gasteiger partial charge in [0, 0.05) is 45.0 Å². The molecule has 1 aliphatic heterocycles. The van der Waals surface area contributed by atoms with Crippen LogP contribution in [0.4, 0.5) is 0 Å². The number of unbranched alkanes of at least 4 members (excludes halogenated alkanes) is 5. The molecule has 6 heteroatoms. The lowest BCUT2D eigenvalue weighted by Crippen LogP contribution is -2.43. The lowest BCUT2D eigenvalue weighted by Gasteiger charge is -2.27. The van der Waals surface area contributed by atoms with Gasteiger partial charge in [-0.3, -0.25) is 4.57 Å². The van der Waals surface area contributed by atoms with E-state index >= 15 is 0 Å². The summed E-state index contributed by atoms with van der Waals surface area (Å²) in [7, 11) is 0. The number of benzene rings is 1. The Morgan fingerprint density at radius 1 is 1.03 bits per heavy atom. The van der Waals surface area contributed by atoms with Crippen molar-refractivity contribution in [3.8, 4) is 5.75 Å². The number of imidazole rings is 1. The van der Waals surface area contributed by atoms with E-state index in [1.807, 2.05) is 47.3 Å². The maximum absolute atomic E-state index is 11.1. The summed E-state index contributed by atoms with van der Waals surface area (Å²) in [5, 5.41) is 14.5. The Labute approximate surface area is 194 Å². The topological polar surface area (TPSA) is 62.6 Å². The van der Waals surface area contributed by atoms with Gasteiger partial charge in [-0.05, 0) is 37.9 Å². The van der Waals surface area contributed by atoms with Crippen molar-refractivity contribution in [3.05, 3.63) is 48.5 Å². The first-order valence-corrected chi connectivity index (χ1v) is 12.6. The Kier molecular flexibility index (Phi) is 11.1. The molecular weight excluding hydrogens is 400 g/mol. The van der Waals surface area contributed by atoms with E-state index in [4.69, 9.17) is 4.74 Å². The average molecular weight is 443 g/mol. The Morgan fingerprint density at radius 3 is 2.59 bits per heavy atom. The lowest BCUT2D eigenvalue weighted by atomic mass is 10.1. The summed E-state index contributed by atoms with van der Waals surface area (Å²) in [5.41, 5.74) is 0. The second-order valence-corrected chi connectivity index (χ2v) is 8.89. The number of hydrogen-bond donors (Lipinski definition) is 2. The first-order chi connectivity index (χ1) is 15.8. The van der Waals surface area contributed by atoms with Gasteiger partial charge in [-0.2, -0.15) is 0 Å². The summed E-state index contributed by atoms with van der Waals surface area (Å²) in [6.45, 7) is 7.97. The highest BCUT2D eigenvalue weighted by Crippen LogP contribution is 2.25. The first kappa shape index (κ1) is 24.7. The van der Waals surface area contributed by atoms with Gasteiger partial charge in [0.25, 0.3) is 0 Å². The number of nitrogens with zero attached hydrogens (tertiary/aromatic N) is 3. The Balaban J connectivity index is 1.50. The summed E-state index contributed by atoms with van der Waals surface area (Å²) in [5.74, 6) is 1.77. The number of para-hydroxylation sites is 1. The molecule has 6 nitrogen and oxygen atoms in total. The zero-order chi connectivity index (χ0) is 22.4. The molecule has 32 heavy (non-hydrogen) atoms. The second-order valence-electron chi connectivity index (χ2n) is 8.89. The van der Waals surface area contributed by atoms with Crippen molar-refractivity contribution < 1.29 is 9.84 Å². The van der Waals surface area contributed by atoms with Crippen LogP contribution < -0.4 is 10.1 Å². The third kappa shape index (κ3) is 8.23. The molecule has 0 amide bonds. The fourth-order valence-electron chi connectivity index (χ4n) is 4.38. The fourth-order valence-corrected chi connectivity index (χ4v) is 4.38. The Morgan fingerprint density at radius 2 is 1.81 bits per heavy atom. The van der Waals surface area contributed by atoms with Gasteiger partial charge >= 0.3 is 0 Å². The van der Waals surface area contributed by atoms with E-state index in [2.05, 4.69) is 22.1 Å². The van der Waals surface area contributed by atoms with Gasteiger partial charge in [-0.25, -0.2) is 4.98 Å². The molecule has 2 aromatic rings. The van der Waals surface area contributed by atoms with Crippen LogP contribution in [0.15, 0.2) is 42.7 Å². The highest BCUT2D eigenvalue weighted by atomic mass is 16.5. The zero-order valence-corrected chi connectivity index (χ0v) is 19.8. The number of rotatable bonds is 15. The average Bonchev–Trinajstić information content (AvgIpc) is 3.29. The summed E-state index contributed by atoms with van der Waals surface area (Å²) < 4.78 is 8.32. The Hall–Kier alpha value is -1.89. The van der Waals surface area contributed by atoms with Crippen LogP contribution in [-0.4, -0.2) is 58.4 Å². The number of aromatic nitrogens is 2. The molecule has 1 aliphatic rings. The van der Waals surface area contributed by atoms with Crippen LogP contribution in [0.1, 0.15) is 70.3 Å². The Bertz CT molecular complexity index is 730. The fraction of sp³-hybridized carbons (Fsp3) is 0.654. The van der Waals surface area contributed by atoms with Crippen LogP contribution in [0.2, 0.25) is 0 Å². The SMILES string of the molecule is CCCCCc1nccn1C(Oc1ccccc1)C(O)CCCCCCN1CCNCC1. The lowest BCUT2D eigenvalue weighted by molar-refractivity contribution is -0.0170. The predicted molar refractivity (Wildman–Crippen MR) is 130 cm³/mol. The number of ether oxygens (including phenoxy) is 1. The van der Waals surface area contributed by atoms with Crippen LogP contribution in [0.3, 0.4) is 0 Å². The van der Waals surface area contributed by atoms with E-state index in [9.17, 15) is 5.11 Å². The molecule has 2 heterocycles. The molecule has 1 aromatic heterocycles. The van der Waals surface area contributed by atoms with Crippen molar-refractivity contribution in [2.45, 2.75) is 77.0 Å². The van der Waals surface area contributed by atoms with Crippen LogP contribution in [0.5, 0.6) is 5.75 Å². The minimum absolute atomic E-state index is 0.447. The summed E-state index contributed by atoms with van der Waals surface area (Å²) in [6, 6.07) is 9.81. The van der Waals surface area contributed by atoms with E-state index in [0.717, 1.165) is 56.8 Å². The molecule has 0 aliphatic carbocycles. The van der Waals surface area contributed by atoms with Crippen molar-refractivity contribution in [3.63, 3.8) is 0 Å². The number of aryl methyl sites for hydroxylation is 1.